The summed E-state index contributed by atoms with van der Waals surface area (Å²) in [6.45, 7) is 0.943. The summed E-state index contributed by atoms with van der Waals surface area (Å²) in [6.07, 6.45) is 0.631. The van der Waals surface area contributed by atoms with Gasteiger partial charge < -0.3 is 9.64 Å². The van der Waals surface area contributed by atoms with Crippen LogP contribution in [-0.2, 0) is 9.53 Å². The van der Waals surface area contributed by atoms with Crippen molar-refractivity contribution >= 4 is 23.6 Å². The molecular weight excluding hydrogens is 288 g/mol. The van der Waals surface area contributed by atoms with Gasteiger partial charge in [0.25, 0.3) is 5.91 Å². The zero-order chi connectivity index (χ0) is 15.2. The van der Waals surface area contributed by atoms with Gasteiger partial charge in [0.15, 0.2) is 0 Å². The summed E-state index contributed by atoms with van der Waals surface area (Å²) in [6, 6.07) is 9.30. The molecule has 1 saturated heterocycles. The zero-order valence-corrected chi connectivity index (χ0v) is 12.6. The van der Waals surface area contributed by atoms with Crippen LogP contribution in [0.4, 0.5) is 0 Å². The first kappa shape index (κ1) is 15.4. The predicted octanol–water partition coefficient (Wildman–Crippen LogP) is 1.94. The molecule has 1 fully saturated rings. The molecular formula is C15H16N2O3S. The van der Waals surface area contributed by atoms with Crippen molar-refractivity contribution in [1.29, 1.82) is 5.26 Å². The van der Waals surface area contributed by atoms with Gasteiger partial charge in [0, 0.05) is 18.0 Å². The van der Waals surface area contributed by atoms with E-state index in [9.17, 15) is 9.59 Å². The first-order valence-corrected chi connectivity index (χ1v) is 7.61. The number of benzene rings is 1. The Morgan fingerprint density at radius 2 is 2.24 bits per heavy atom. The molecule has 1 aliphatic heterocycles. The number of hydrogen-bond acceptors (Lipinski definition) is 5. The van der Waals surface area contributed by atoms with E-state index in [1.807, 2.05) is 12.1 Å². The van der Waals surface area contributed by atoms with Gasteiger partial charge in [-0.15, -0.1) is 11.8 Å². The van der Waals surface area contributed by atoms with Crippen molar-refractivity contribution in [2.45, 2.75) is 11.3 Å². The lowest BCUT2D eigenvalue weighted by Crippen LogP contribution is -2.30. The fraction of sp³-hybridized carbons (Fsp3) is 0.400. The molecule has 0 spiro atoms. The Kier molecular flexibility index (Phi) is 5.23. The van der Waals surface area contributed by atoms with Crippen LogP contribution in [0.25, 0.3) is 0 Å². The van der Waals surface area contributed by atoms with Gasteiger partial charge >= 0.3 is 5.97 Å². The third kappa shape index (κ3) is 3.56. The fourth-order valence-electron chi connectivity index (χ4n) is 2.35. The van der Waals surface area contributed by atoms with Crippen molar-refractivity contribution in [3.63, 3.8) is 0 Å². The lowest BCUT2D eigenvalue weighted by atomic mass is 10.1. The average molecular weight is 304 g/mol. The van der Waals surface area contributed by atoms with Crippen LogP contribution in [0, 0.1) is 17.2 Å². The normalized spacial score (nSPS) is 17.3. The lowest BCUT2D eigenvalue weighted by Gasteiger charge is -2.17. The highest BCUT2D eigenvalue weighted by Crippen LogP contribution is 2.26. The summed E-state index contributed by atoms with van der Waals surface area (Å²) in [5.74, 6) is -0.299. The first-order chi connectivity index (χ1) is 10.2. The molecule has 6 heteroatoms. The van der Waals surface area contributed by atoms with Crippen LogP contribution in [0.1, 0.15) is 16.8 Å². The monoisotopic (exact) mass is 304 g/mol. The number of nitriles is 1. The minimum absolute atomic E-state index is 0.0950. The van der Waals surface area contributed by atoms with Crippen LogP contribution in [0.3, 0.4) is 0 Å². The largest absolute Gasteiger partial charge is 0.469 e. The van der Waals surface area contributed by atoms with Crippen LogP contribution in [0.15, 0.2) is 29.2 Å². The molecule has 2 rings (SSSR count). The predicted molar refractivity (Wildman–Crippen MR) is 78.8 cm³/mol. The van der Waals surface area contributed by atoms with Gasteiger partial charge in [0.2, 0.25) is 0 Å². The molecule has 1 aromatic carbocycles. The maximum absolute atomic E-state index is 12.6. The number of hydrogen-bond donors (Lipinski definition) is 0. The van der Waals surface area contributed by atoms with Gasteiger partial charge in [-0.05, 0) is 18.6 Å². The van der Waals surface area contributed by atoms with E-state index in [2.05, 4.69) is 6.07 Å². The Hall–Kier alpha value is -2.00. The van der Waals surface area contributed by atoms with Crippen molar-refractivity contribution in [3.05, 3.63) is 29.8 Å². The Balaban J connectivity index is 2.11. The van der Waals surface area contributed by atoms with Crippen molar-refractivity contribution in [3.8, 4) is 6.07 Å². The van der Waals surface area contributed by atoms with Crippen molar-refractivity contribution < 1.29 is 14.3 Å². The molecule has 21 heavy (non-hydrogen) atoms. The highest BCUT2D eigenvalue weighted by molar-refractivity contribution is 7.99. The number of rotatable bonds is 4. The Morgan fingerprint density at radius 1 is 1.48 bits per heavy atom. The molecule has 0 aliphatic carbocycles. The summed E-state index contributed by atoms with van der Waals surface area (Å²) in [7, 11) is 1.36. The Bertz CT molecular complexity index is 583. The van der Waals surface area contributed by atoms with E-state index in [0.717, 1.165) is 4.90 Å². The number of carbonyl (C=O) groups is 2. The summed E-state index contributed by atoms with van der Waals surface area (Å²) in [4.78, 5) is 26.6. The maximum Gasteiger partial charge on any atom is 0.310 e. The number of ether oxygens (including phenoxy) is 1. The molecule has 0 bridgehead atoms. The van der Waals surface area contributed by atoms with E-state index in [1.165, 1.54) is 18.9 Å². The van der Waals surface area contributed by atoms with E-state index in [0.29, 0.717) is 30.8 Å². The van der Waals surface area contributed by atoms with Crippen molar-refractivity contribution in [1.82, 2.24) is 4.90 Å². The second kappa shape index (κ2) is 7.14. The van der Waals surface area contributed by atoms with E-state index >= 15 is 0 Å². The van der Waals surface area contributed by atoms with Gasteiger partial charge in [0.05, 0.1) is 30.4 Å². The Labute approximate surface area is 127 Å². The molecule has 5 nitrogen and oxygen atoms in total. The Morgan fingerprint density at radius 3 is 2.95 bits per heavy atom. The molecule has 1 heterocycles. The van der Waals surface area contributed by atoms with Gasteiger partial charge in [0.1, 0.15) is 0 Å². The molecule has 1 aromatic rings. The average Bonchev–Trinajstić information content (AvgIpc) is 3.01. The lowest BCUT2D eigenvalue weighted by molar-refractivity contribution is -0.144. The van der Waals surface area contributed by atoms with E-state index in [-0.39, 0.29) is 17.8 Å². The van der Waals surface area contributed by atoms with Gasteiger partial charge in [-0.25, -0.2) is 0 Å². The quantitative estimate of drug-likeness (QED) is 0.628. The van der Waals surface area contributed by atoms with E-state index in [1.54, 1.807) is 17.0 Å². The number of methoxy groups -OCH3 is 1. The number of esters is 1. The summed E-state index contributed by atoms with van der Waals surface area (Å²) < 4.78 is 4.73. The van der Waals surface area contributed by atoms with Crippen LogP contribution in [0.2, 0.25) is 0 Å². The second-order valence-electron chi connectivity index (χ2n) is 4.70. The molecule has 110 valence electrons. The van der Waals surface area contributed by atoms with Crippen molar-refractivity contribution in [2.75, 3.05) is 26.0 Å². The van der Waals surface area contributed by atoms with Crippen LogP contribution in [-0.4, -0.2) is 42.7 Å². The molecule has 0 radical (unpaired) electrons. The van der Waals surface area contributed by atoms with E-state index in [4.69, 9.17) is 10.00 Å². The summed E-state index contributed by atoms with van der Waals surface area (Å²) in [5, 5.41) is 8.67. The maximum atomic E-state index is 12.6. The third-order valence-corrected chi connectivity index (χ3v) is 4.36. The number of likely N-dealkylation sites (tertiary alicyclic amines) is 1. The number of nitrogens with zero attached hydrogens (tertiary/aromatic N) is 2. The van der Waals surface area contributed by atoms with Gasteiger partial charge in [-0.3, -0.25) is 9.59 Å². The fourth-order valence-corrected chi connectivity index (χ4v) is 3.06. The zero-order valence-electron chi connectivity index (χ0n) is 11.7. The standard InChI is InChI=1S/C15H16N2O3S/c1-20-15(19)11-6-8-17(10-11)14(18)12-4-2-3-5-13(12)21-9-7-16/h2-5,11H,6,8-10H2,1H3. The summed E-state index contributed by atoms with van der Waals surface area (Å²) in [5.41, 5.74) is 0.586. The van der Waals surface area contributed by atoms with Crippen LogP contribution < -0.4 is 0 Å². The molecule has 0 aromatic heterocycles. The number of carbonyl (C=O) groups excluding carboxylic acids is 2. The first-order valence-electron chi connectivity index (χ1n) is 6.63. The topological polar surface area (TPSA) is 70.4 Å². The van der Waals surface area contributed by atoms with Gasteiger partial charge in [-0.1, -0.05) is 12.1 Å². The van der Waals surface area contributed by atoms with Crippen molar-refractivity contribution in [2.24, 2.45) is 5.92 Å². The molecule has 0 N–H and O–H groups in total. The van der Waals surface area contributed by atoms with Gasteiger partial charge in [-0.2, -0.15) is 5.26 Å². The van der Waals surface area contributed by atoms with Crippen LogP contribution in [0.5, 0.6) is 0 Å². The number of thioether (sulfide) groups is 1. The molecule has 1 unspecified atom stereocenters. The SMILES string of the molecule is COC(=O)C1CCN(C(=O)c2ccccc2SCC#N)C1. The third-order valence-electron chi connectivity index (χ3n) is 3.42. The molecule has 1 amide bonds. The van der Waals surface area contributed by atoms with E-state index < -0.39 is 0 Å². The minimum Gasteiger partial charge on any atom is -0.469 e. The smallest absolute Gasteiger partial charge is 0.310 e. The highest BCUT2D eigenvalue weighted by atomic mass is 32.2. The molecule has 0 saturated carbocycles. The summed E-state index contributed by atoms with van der Waals surface area (Å²) >= 11 is 1.35. The molecule has 1 atom stereocenters. The second-order valence-corrected chi connectivity index (χ2v) is 5.72. The minimum atomic E-state index is -0.266. The number of amides is 1. The van der Waals surface area contributed by atoms with Crippen LogP contribution >= 0.6 is 11.8 Å². The highest BCUT2D eigenvalue weighted by Gasteiger charge is 2.32. The molecule has 1 aliphatic rings.